The Kier molecular flexibility index (Phi) is 7.37. The third kappa shape index (κ3) is 5.77. The molecule has 1 fully saturated rings. The molecule has 0 saturated heterocycles. The van der Waals surface area contributed by atoms with Gasteiger partial charge in [-0.2, -0.15) is 0 Å². The van der Waals surface area contributed by atoms with E-state index in [-0.39, 0.29) is 22.8 Å². The van der Waals surface area contributed by atoms with E-state index >= 15 is 0 Å². The molecule has 0 heterocycles. The van der Waals surface area contributed by atoms with Crippen LogP contribution >= 0.6 is 12.2 Å². The molecule has 0 atom stereocenters. The minimum atomic E-state index is -0.378. The van der Waals surface area contributed by atoms with Crippen molar-refractivity contribution in [3.8, 4) is 5.75 Å². The molecule has 1 aliphatic rings. The molecule has 0 bridgehead atoms. The third-order valence-electron chi connectivity index (χ3n) is 4.69. The lowest BCUT2D eigenvalue weighted by Gasteiger charge is -2.16. The first-order valence-corrected chi connectivity index (χ1v) is 10.1. The highest BCUT2D eigenvalue weighted by Gasteiger charge is 2.29. The predicted octanol–water partition coefficient (Wildman–Crippen LogP) is 3.50. The van der Waals surface area contributed by atoms with Crippen LogP contribution in [-0.4, -0.2) is 37.3 Å². The minimum absolute atomic E-state index is 0.0382. The van der Waals surface area contributed by atoms with Gasteiger partial charge in [-0.1, -0.05) is 18.2 Å². The van der Waals surface area contributed by atoms with Crippen molar-refractivity contribution in [3.05, 3.63) is 53.6 Å². The Morgan fingerprint density at radius 1 is 1.03 bits per heavy atom. The number of benzene rings is 2. The standard InChI is InChI=1S/C22H25N3O4S/c1-14-17(23-20(26)15-10-11-15)7-5-8-18(14)24-22(30)25-21(27)16-6-3-4-9-19(16)29-13-12-28-2/h3-9,15H,10-13H2,1-2H3,(H,23,26)(H2,24,25,27,30). The highest BCUT2D eigenvalue weighted by Crippen LogP contribution is 2.31. The van der Waals surface area contributed by atoms with Crippen LogP contribution in [0.1, 0.15) is 28.8 Å². The first-order chi connectivity index (χ1) is 14.5. The maximum atomic E-state index is 12.7. The summed E-state index contributed by atoms with van der Waals surface area (Å²) in [6.45, 7) is 2.64. The summed E-state index contributed by atoms with van der Waals surface area (Å²) in [6, 6.07) is 12.4. The van der Waals surface area contributed by atoms with Crippen LogP contribution in [0.25, 0.3) is 0 Å². The molecule has 0 aliphatic heterocycles. The van der Waals surface area contributed by atoms with Gasteiger partial charge in [-0.15, -0.1) is 0 Å². The van der Waals surface area contributed by atoms with E-state index in [1.54, 1.807) is 31.4 Å². The summed E-state index contributed by atoms with van der Waals surface area (Å²) in [5, 5.41) is 8.80. The molecule has 3 N–H and O–H groups in total. The molecule has 0 aromatic heterocycles. The average Bonchev–Trinajstić information content (AvgIpc) is 3.57. The molecule has 1 saturated carbocycles. The summed E-state index contributed by atoms with van der Waals surface area (Å²) in [4.78, 5) is 24.7. The molecule has 3 rings (SSSR count). The van der Waals surface area contributed by atoms with Crippen molar-refractivity contribution >= 4 is 40.5 Å². The zero-order valence-corrected chi connectivity index (χ0v) is 17.8. The van der Waals surface area contributed by atoms with Crippen molar-refractivity contribution in [1.82, 2.24) is 5.32 Å². The van der Waals surface area contributed by atoms with Gasteiger partial charge in [0, 0.05) is 24.4 Å². The van der Waals surface area contributed by atoms with Gasteiger partial charge < -0.3 is 20.1 Å². The number of rotatable bonds is 8. The van der Waals surface area contributed by atoms with Gasteiger partial charge in [-0.3, -0.25) is 14.9 Å². The Balaban J connectivity index is 1.63. The number of ether oxygens (including phenoxy) is 2. The van der Waals surface area contributed by atoms with Crippen LogP contribution in [0.15, 0.2) is 42.5 Å². The van der Waals surface area contributed by atoms with Crippen molar-refractivity contribution in [2.75, 3.05) is 31.0 Å². The lowest BCUT2D eigenvalue weighted by atomic mass is 10.1. The average molecular weight is 428 g/mol. The highest BCUT2D eigenvalue weighted by molar-refractivity contribution is 7.80. The molecule has 8 heteroatoms. The van der Waals surface area contributed by atoms with Crippen LogP contribution in [0.4, 0.5) is 11.4 Å². The number of para-hydroxylation sites is 1. The summed E-state index contributed by atoms with van der Waals surface area (Å²) in [7, 11) is 1.58. The number of carbonyl (C=O) groups is 2. The SMILES string of the molecule is COCCOc1ccccc1C(=O)NC(=S)Nc1cccc(NC(=O)C2CC2)c1C. The molecule has 2 aromatic rings. The molecule has 0 radical (unpaired) electrons. The van der Waals surface area contributed by atoms with E-state index in [9.17, 15) is 9.59 Å². The largest absolute Gasteiger partial charge is 0.490 e. The predicted molar refractivity (Wildman–Crippen MR) is 120 cm³/mol. The maximum absolute atomic E-state index is 12.7. The smallest absolute Gasteiger partial charge is 0.261 e. The number of hydrogen-bond donors (Lipinski definition) is 3. The summed E-state index contributed by atoms with van der Waals surface area (Å²) in [6.07, 6.45) is 1.88. The van der Waals surface area contributed by atoms with Crippen LogP contribution in [-0.2, 0) is 9.53 Å². The van der Waals surface area contributed by atoms with E-state index < -0.39 is 0 Å². The van der Waals surface area contributed by atoms with E-state index in [1.165, 1.54) is 0 Å². The van der Waals surface area contributed by atoms with E-state index in [4.69, 9.17) is 21.7 Å². The first-order valence-electron chi connectivity index (χ1n) is 9.73. The fraction of sp³-hybridized carbons (Fsp3) is 0.318. The van der Waals surface area contributed by atoms with Crippen LogP contribution in [0.3, 0.4) is 0 Å². The molecular formula is C22H25N3O4S. The number of carbonyl (C=O) groups excluding carboxylic acids is 2. The van der Waals surface area contributed by atoms with Crippen LogP contribution in [0, 0.1) is 12.8 Å². The number of methoxy groups -OCH3 is 1. The number of amides is 2. The maximum Gasteiger partial charge on any atom is 0.261 e. The van der Waals surface area contributed by atoms with Gasteiger partial charge in [0.1, 0.15) is 12.4 Å². The Labute approximate surface area is 181 Å². The normalized spacial score (nSPS) is 12.7. The number of anilines is 2. The Hall–Kier alpha value is -2.97. The van der Waals surface area contributed by atoms with Gasteiger partial charge in [-0.25, -0.2) is 0 Å². The van der Waals surface area contributed by atoms with Gasteiger partial charge in [0.15, 0.2) is 5.11 Å². The molecule has 158 valence electrons. The Bertz CT molecular complexity index is 944. The highest BCUT2D eigenvalue weighted by atomic mass is 32.1. The number of hydrogen-bond acceptors (Lipinski definition) is 5. The van der Waals surface area contributed by atoms with Gasteiger partial charge >= 0.3 is 0 Å². The summed E-state index contributed by atoms with van der Waals surface area (Å²) in [5.41, 5.74) is 2.65. The molecule has 2 aromatic carbocycles. The number of nitrogens with one attached hydrogen (secondary N) is 3. The second-order valence-electron chi connectivity index (χ2n) is 6.99. The molecular weight excluding hydrogens is 402 g/mol. The second-order valence-corrected chi connectivity index (χ2v) is 7.40. The van der Waals surface area contributed by atoms with Gasteiger partial charge in [0.25, 0.3) is 5.91 Å². The van der Waals surface area contributed by atoms with Crippen LogP contribution in [0.2, 0.25) is 0 Å². The molecule has 7 nitrogen and oxygen atoms in total. The molecule has 30 heavy (non-hydrogen) atoms. The van der Waals surface area contributed by atoms with Gasteiger partial charge in [0.2, 0.25) is 5.91 Å². The molecule has 0 unspecified atom stereocenters. The Morgan fingerprint density at radius 3 is 2.43 bits per heavy atom. The van der Waals surface area contributed by atoms with Gasteiger partial charge in [-0.05, 0) is 61.8 Å². The topological polar surface area (TPSA) is 88.7 Å². The quantitative estimate of drug-likeness (QED) is 0.441. The minimum Gasteiger partial charge on any atom is -0.490 e. The summed E-state index contributed by atoms with van der Waals surface area (Å²) < 4.78 is 10.6. The van der Waals surface area contributed by atoms with Crippen molar-refractivity contribution in [3.63, 3.8) is 0 Å². The lowest BCUT2D eigenvalue weighted by Crippen LogP contribution is -2.34. The van der Waals surface area contributed by atoms with E-state index in [1.807, 2.05) is 25.1 Å². The summed E-state index contributed by atoms with van der Waals surface area (Å²) in [5.74, 6) is 0.232. The van der Waals surface area contributed by atoms with E-state index in [0.29, 0.717) is 30.2 Å². The summed E-state index contributed by atoms with van der Waals surface area (Å²) >= 11 is 5.31. The van der Waals surface area contributed by atoms with Gasteiger partial charge in [0.05, 0.1) is 12.2 Å². The van der Waals surface area contributed by atoms with Crippen LogP contribution in [0.5, 0.6) is 5.75 Å². The lowest BCUT2D eigenvalue weighted by molar-refractivity contribution is -0.117. The third-order valence-corrected chi connectivity index (χ3v) is 4.90. The van der Waals surface area contributed by atoms with Crippen LogP contribution < -0.4 is 20.7 Å². The van der Waals surface area contributed by atoms with E-state index in [2.05, 4.69) is 16.0 Å². The second kappa shape index (κ2) is 10.2. The molecule has 1 aliphatic carbocycles. The van der Waals surface area contributed by atoms with Crippen molar-refractivity contribution < 1.29 is 19.1 Å². The molecule has 2 amide bonds. The zero-order valence-electron chi connectivity index (χ0n) is 17.0. The van der Waals surface area contributed by atoms with Crippen molar-refractivity contribution in [2.45, 2.75) is 19.8 Å². The fourth-order valence-electron chi connectivity index (χ4n) is 2.83. The first kappa shape index (κ1) is 21.7. The van der Waals surface area contributed by atoms with E-state index in [0.717, 1.165) is 24.1 Å². The molecule has 0 spiro atoms. The van der Waals surface area contributed by atoms with Crippen molar-refractivity contribution in [2.24, 2.45) is 5.92 Å². The zero-order chi connectivity index (χ0) is 21.5. The Morgan fingerprint density at radius 2 is 1.73 bits per heavy atom. The number of thiocarbonyl (C=S) groups is 1. The fourth-order valence-corrected chi connectivity index (χ4v) is 3.03. The monoisotopic (exact) mass is 427 g/mol. The van der Waals surface area contributed by atoms with Crippen molar-refractivity contribution in [1.29, 1.82) is 0 Å².